The number of nitrogens with one attached hydrogen (secondary N) is 1. The van der Waals surface area contributed by atoms with Crippen molar-refractivity contribution in [2.24, 2.45) is 17.8 Å². The maximum atomic E-state index is 12.1. The molecule has 3 rings (SSSR count). The third-order valence-corrected chi connectivity index (χ3v) is 5.77. The molecule has 2 bridgehead atoms. The van der Waals surface area contributed by atoms with Gasteiger partial charge in [0.2, 0.25) is 10.0 Å². The SMILES string of the molecule is O=S(=O)(NC[C@@H]1C[C@H]2C=C[C@@H]1C2)c1ccc(Cl)cc1. The highest BCUT2D eigenvalue weighted by atomic mass is 35.5. The molecule has 0 spiro atoms. The Kier molecular flexibility index (Phi) is 3.41. The summed E-state index contributed by atoms with van der Waals surface area (Å²) in [6, 6.07) is 6.25. The highest BCUT2D eigenvalue weighted by Gasteiger charge is 2.35. The van der Waals surface area contributed by atoms with E-state index in [0.717, 1.165) is 6.42 Å². The van der Waals surface area contributed by atoms with E-state index in [9.17, 15) is 8.42 Å². The second kappa shape index (κ2) is 4.93. The standard InChI is InChI=1S/C14H16ClNO2S/c15-13-3-5-14(6-4-13)19(17,18)16-9-12-8-10-1-2-11(12)7-10/h1-6,10-12,16H,7-9H2/t10-,11+,12-/m0/s1. The van der Waals surface area contributed by atoms with Crippen LogP contribution in [0.1, 0.15) is 12.8 Å². The van der Waals surface area contributed by atoms with Crippen LogP contribution in [0.25, 0.3) is 0 Å². The predicted molar refractivity (Wildman–Crippen MR) is 75.5 cm³/mol. The van der Waals surface area contributed by atoms with Gasteiger partial charge in [0.15, 0.2) is 0 Å². The maximum Gasteiger partial charge on any atom is 0.240 e. The first kappa shape index (κ1) is 13.2. The molecule has 0 amide bonds. The van der Waals surface area contributed by atoms with Crippen molar-refractivity contribution in [1.82, 2.24) is 4.72 Å². The second-order valence-corrected chi connectivity index (χ2v) is 7.55. The highest BCUT2D eigenvalue weighted by molar-refractivity contribution is 7.89. The summed E-state index contributed by atoms with van der Waals surface area (Å²) in [6.07, 6.45) is 6.78. The lowest BCUT2D eigenvalue weighted by molar-refractivity contribution is 0.440. The first-order chi connectivity index (χ1) is 9.04. The molecule has 5 heteroatoms. The number of hydrogen-bond donors (Lipinski definition) is 1. The van der Waals surface area contributed by atoms with Gasteiger partial charge in [-0.15, -0.1) is 0 Å². The average molecular weight is 298 g/mol. The van der Waals surface area contributed by atoms with Crippen molar-refractivity contribution in [3.63, 3.8) is 0 Å². The van der Waals surface area contributed by atoms with Crippen molar-refractivity contribution in [3.8, 4) is 0 Å². The Morgan fingerprint density at radius 3 is 2.47 bits per heavy atom. The third kappa shape index (κ3) is 2.71. The molecule has 3 nitrogen and oxygen atoms in total. The molecule has 1 saturated carbocycles. The van der Waals surface area contributed by atoms with Crippen LogP contribution in [0.5, 0.6) is 0 Å². The van der Waals surface area contributed by atoms with Crippen LogP contribution in [-0.2, 0) is 10.0 Å². The van der Waals surface area contributed by atoms with Crippen molar-refractivity contribution < 1.29 is 8.42 Å². The Balaban J connectivity index is 1.66. The first-order valence-corrected chi connectivity index (χ1v) is 8.34. The minimum atomic E-state index is -3.41. The summed E-state index contributed by atoms with van der Waals surface area (Å²) in [4.78, 5) is 0.274. The molecular formula is C14H16ClNO2S. The molecule has 3 atom stereocenters. The number of fused-ring (bicyclic) bond motifs is 2. The molecule has 0 radical (unpaired) electrons. The first-order valence-electron chi connectivity index (χ1n) is 6.48. The van der Waals surface area contributed by atoms with E-state index in [1.165, 1.54) is 18.6 Å². The van der Waals surface area contributed by atoms with E-state index in [2.05, 4.69) is 16.9 Å². The number of rotatable bonds is 4. The van der Waals surface area contributed by atoms with Gasteiger partial charge in [0, 0.05) is 11.6 Å². The second-order valence-electron chi connectivity index (χ2n) is 5.35. The van der Waals surface area contributed by atoms with Gasteiger partial charge in [-0.3, -0.25) is 0 Å². The van der Waals surface area contributed by atoms with Crippen LogP contribution < -0.4 is 4.72 Å². The zero-order valence-corrected chi connectivity index (χ0v) is 12.0. The summed E-state index contributed by atoms with van der Waals surface area (Å²) in [7, 11) is -3.41. The van der Waals surface area contributed by atoms with Crippen molar-refractivity contribution in [1.29, 1.82) is 0 Å². The van der Waals surface area contributed by atoms with Crippen LogP contribution in [0, 0.1) is 17.8 Å². The molecule has 1 N–H and O–H groups in total. The number of hydrogen-bond acceptors (Lipinski definition) is 2. The monoisotopic (exact) mass is 297 g/mol. The molecule has 1 fully saturated rings. The minimum absolute atomic E-state index is 0.274. The lowest BCUT2D eigenvalue weighted by atomic mass is 9.94. The van der Waals surface area contributed by atoms with Crippen molar-refractivity contribution in [2.45, 2.75) is 17.7 Å². The van der Waals surface area contributed by atoms with E-state index >= 15 is 0 Å². The van der Waals surface area contributed by atoms with E-state index in [-0.39, 0.29) is 4.90 Å². The molecule has 0 heterocycles. The molecule has 2 aliphatic carbocycles. The van der Waals surface area contributed by atoms with E-state index < -0.39 is 10.0 Å². The Labute approximate surface area is 118 Å². The number of allylic oxidation sites excluding steroid dienone is 2. The zero-order chi connectivity index (χ0) is 13.5. The highest BCUT2D eigenvalue weighted by Crippen LogP contribution is 2.43. The summed E-state index contributed by atoms with van der Waals surface area (Å²) in [5.41, 5.74) is 0. The number of benzene rings is 1. The fourth-order valence-electron chi connectivity index (χ4n) is 3.04. The van der Waals surface area contributed by atoms with Gasteiger partial charge in [-0.25, -0.2) is 13.1 Å². The molecule has 2 aliphatic rings. The molecule has 0 saturated heterocycles. The van der Waals surface area contributed by atoms with Gasteiger partial charge in [0.1, 0.15) is 0 Å². The molecule has 1 aromatic rings. The van der Waals surface area contributed by atoms with Gasteiger partial charge in [-0.1, -0.05) is 23.8 Å². The summed E-state index contributed by atoms with van der Waals surface area (Å²) in [5, 5.41) is 0.539. The third-order valence-electron chi connectivity index (χ3n) is 4.08. The number of sulfonamides is 1. The van der Waals surface area contributed by atoms with Gasteiger partial charge >= 0.3 is 0 Å². The molecule has 0 unspecified atom stereocenters. The van der Waals surface area contributed by atoms with E-state index in [1.807, 2.05) is 0 Å². The van der Waals surface area contributed by atoms with Gasteiger partial charge in [0.05, 0.1) is 4.90 Å². The molecule has 0 aliphatic heterocycles. The fourth-order valence-corrected chi connectivity index (χ4v) is 4.26. The Hall–Kier alpha value is -0.840. The summed E-state index contributed by atoms with van der Waals surface area (Å²) >= 11 is 5.76. The number of halogens is 1. The molecule has 0 aromatic heterocycles. The molecule has 19 heavy (non-hydrogen) atoms. The largest absolute Gasteiger partial charge is 0.240 e. The Bertz CT molecular complexity index is 594. The quantitative estimate of drug-likeness (QED) is 0.869. The van der Waals surface area contributed by atoms with E-state index in [0.29, 0.717) is 29.3 Å². The van der Waals surface area contributed by atoms with Crippen LogP contribution >= 0.6 is 11.6 Å². The Morgan fingerprint density at radius 2 is 1.89 bits per heavy atom. The summed E-state index contributed by atoms with van der Waals surface area (Å²) in [6.45, 7) is 0.524. The Morgan fingerprint density at radius 1 is 1.16 bits per heavy atom. The van der Waals surface area contributed by atoms with Crippen LogP contribution in [0.15, 0.2) is 41.3 Å². The smallest absolute Gasteiger partial charge is 0.211 e. The predicted octanol–water partition coefficient (Wildman–Crippen LogP) is 2.83. The van der Waals surface area contributed by atoms with Gasteiger partial charge in [-0.05, 0) is 54.9 Å². The van der Waals surface area contributed by atoms with Crippen molar-refractivity contribution in [2.75, 3.05) is 6.54 Å². The fraction of sp³-hybridized carbons (Fsp3) is 0.429. The van der Waals surface area contributed by atoms with Crippen LogP contribution in [0.2, 0.25) is 5.02 Å². The molecule has 1 aromatic carbocycles. The lowest BCUT2D eigenvalue weighted by Gasteiger charge is -2.18. The normalized spacial score (nSPS) is 29.0. The summed E-state index contributed by atoms with van der Waals surface area (Å²) < 4.78 is 27.0. The minimum Gasteiger partial charge on any atom is -0.211 e. The maximum absolute atomic E-state index is 12.1. The molecule has 102 valence electrons. The zero-order valence-electron chi connectivity index (χ0n) is 10.4. The molecular weight excluding hydrogens is 282 g/mol. The van der Waals surface area contributed by atoms with Crippen LogP contribution in [0.4, 0.5) is 0 Å². The van der Waals surface area contributed by atoms with Gasteiger partial charge in [-0.2, -0.15) is 0 Å². The lowest BCUT2D eigenvalue weighted by Crippen LogP contribution is -2.31. The van der Waals surface area contributed by atoms with Crippen molar-refractivity contribution in [3.05, 3.63) is 41.4 Å². The van der Waals surface area contributed by atoms with Crippen LogP contribution in [-0.4, -0.2) is 15.0 Å². The topological polar surface area (TPSA) is 46.2 Å². The van der Waals surface area contributed by atoms with E-state index in [1.54, 1.807) is 12.1 Å². The van der Waals surface area contributed by atoms with Gasteiger partial charge in [0.25, 0.3) is 0 Å². The van der Waals surface area contributed by atoms with Gasteiger partial charge < -0.3 is 0 Å². The van der Waals surface area contributed by atoms with Crippen molar-refractivity contribution >= 4 is 21.6 Å². The van der Waals surface area contributed by atoms with E-state index in [4.69, 9.17) is 11.6 Å². The average Bonchev–Trinajstić information content (AvgIpc) is 2.99. The summed E-state index contributed by atoms with van der Waals surface area (Å²) in [5.74, 6) is 1.66. The van der Waals surface area contributed by atoms with Crippen LogP contribution in [0.3, 0.4) is 0 Å².